The number of rotatable bonds is 10. The molecule has 8 heteroatoms. The number of benzene rings is 4. The fourth-order valence-electron chi connectivity index (χ4n) is 4.12. The van der Waals surface area contributed by atoms with Gasteiger partial charge in [0.1, 0.15) is 5.75 Å². The van der Waals surface area contributed by atoms with Gasteiger partial charge in [-0.3, -0.25) is 9.36 Å². The zero-order valence-electron chi connectivity index (χ0n) is 21.3. The van der Waals surface area contributed by atoms with Gasteiger partial charge in [-0.05, 0) is 61.7 Å². The van der Waals surface area contributed by atoms with E-state index >= 15 is 0 Å². The van der Waals surface area contributed by atoms with E-state index in [0.29, 0.717) is 18.3 Å². The largest absolute Gasteiger partial charge is 0.494 e. The third kappa shape index (κ3) is 5.81. The number of hydrogen-bond donors (Lipinski definition) is 2. The Hall–Kier alpha value is -4.30. The predicted molar refractivity (Wildman–Crippen MR) is 154 cm³/mol. The summed E-state index contributed by atoms with van der Waals surface area (Å²) in [5.74, 6) is 1.48. The summed E-state index contributed by atoms with van der Waals surface area (Å²) in [7, 11) is 0. The molecular weight excluding hydrogens is 494 g/mol. The minimum absolute atomic E-state index is 0.0944. The number of nitrogens with one attached hydrogen (secondary N) is 2. The highest BCUT2D eigenvalue weighted by molar-refractivity contribution is 8.00. The highest BCUT2D eigenvalue weighted by atomic mass is 32.2. The van der Waals surface area contributed by atoms with E-state index in [-0.39, 0.29) is 5.91 Å². The molecule has 192 valence electrons. The molecule has 0 aliphatic rings. The molecule has 5 rings (SSSR count). The van der Waals surface area contributed by atoms with Gasteiger partial charge in [0, 0.05) is 22.4 Å². The fourth-order valence-corrected chi connectivity index (χ4v) is 5.01. The Morgan fingerprint density at radius 2 is 1.66 bits per heavy atom. The molecule has 0 aliphatic carbocycles. The predicted octanol–water partition coefficient (Wildman–Crippen LogP) is 6.55. The van der Waals surface area contributed by atoms with Gasteiger partial charge in [0.15, 0.2) is 11.0 Å². The number of amides is 1. The minimum Gasteiger partial charge on any atom is -0.494 e. The molecule has 0 fully saturated rings. The Morgan fingerprint density at radius 1 is 0.921 bits per heavy atom. The lowest BCUT2D eigenvalue weighted by atomic mass is 10.1. The molecule has 1 amide bonds. The number of nitrogens with zero attached hydrogens (tertiary/aromatic N) is 3. The first-order valence-corrected chi connectivity index (χ1v) is 13.4. The van der Waals surface area contributed by atoms with Crippen molar-refractivity contribution in [1.29, 1.82) is 0 Å². The van der Waals surface area contributed by atoms with Crippen LogP contribution in [0.25, 0.3) is 16.5 Å². The Morgan fingerprint density at radius 3 is 2.45 bits per heavy atom. The molecule has 1 atom stereocenters. The van der Waals surface area contributed by atoms with Gasteiger partial charge in [-0.2, -0.15) is 0 Å². The molecule has 0 radical (unpaired) electrons. The van der Waals surface area contributed by atoms with Crippen LogP contribution in [0.3, 0.4) is 0 Å². The van der Waals surface area contributed by atoms with Gasteiger partial charge in [0.2, 0.25) is 5.91 Å². The zero-order valence-corrected chi connectivity index (χ0v) is 22.1. The highest BCUT2D eigenvalue weighted by Crippen LogP contribution is 2.29. The lowest BCUT2D eigenvalue weighted by molar-refractivity contribution is -0.115. The second-order valence-corrected chi connectivity index (χ2v) is 9.96. The van der Waals surface area contributed by atoms with Gasteiger partial charge in [0.25, 0.3) is 0 Å². The Balaban J connectivity index is 1.34. The van der Waals surface area contributed by atoms with E-state index in [1.54, 1.807) is 0 Å². The van der Waals surface area contributed by atoms with Crippen LogP contribution in [0.2, 0.25) is 0 Å². The van der Waals surface area contributed by atoms with Crippen LogP contribution in [0.15, 0.2) is 102 Å². The van der Waals surface area contributed by atoms with E-state index in [4.69, 9.17) is 4.74 Å². The fraction of sp³-hybridized carbons (Fsp3) is 0.167. The average molecular weight is 524 g/mol. The lowest BCUT2D eigenvalue weighted by Crippen LogP contribution is -2.23. The number of carbonyl (C=O) groups excluding carboxylic acids is 1. The topological polar surface area (TPSA) is 81.1 Å². The number of ether oxygens (including phenoxy) is 1. The van der Waals surface area contributed by atoms with Crippen molar-refractivity contribution in [2.45, 2.75) is 30.8 Å². The molecule has 0 spiro atoms. The van der Waals surface area contributed by atoms with Crippen LogP contribution in [0.4, 0.5) is 11.4 Å². The number of aromatic nitrogens is 3. The first-order valence-electron chi connectivity index (χ1n) is 12.5. The monoisotopic (exact) mass is 523 g/mol. The summed E-state index contributed by atoms with van der Waals surface area (Å²) in [5, 5.41) is 17.8. The zero-order chi connectivity index (χ0) is 26.3. The Bertz CT molecular complexity index is 1510. The summed E-state index contributed by atoms with van der Waals surface area (Å²) < 4.78 is 7.52. The van der Waals surface area contributed by atoms with Crippen molar-refractivity contribution < 1.29 is 9.53 Å². The van der Waals surface area contributed by atoms with E-state index in [2.05, 4.69) is 20.8 Å². The van der Waals surface area contributed by atoms with Crippen LogP contribution in [0.5, 0.6) is 5.75 Å². The van der Waals surface area contributed by atoms with Crippen molar-refractivity contribution in [3.05, 3.63) is 103 Å². The molecule has 1 aromatic heterocycles. The smallest absolute Gasteiger partial charge is 0.237 e. The quantitative estimate of drug-likeness (QED) is 0.202. The molecule has 0 bridgehead atoms. The van der Waals surface area contributed by atoms with Crippen molar-refractivity contribution in [1.82, 2.24) is 14.8 Å². The van der Waals surface area contributed by atoms with Gasteiger partial charge in [-0.1, -0.05) is 66.4 Å². The number of anilines is 2. The molecule has 0 saturated carbocycles. The summed E-state index contributed by atoms with van der Waals surface area (Å²) in [4.78, 5) is 13.2. The molecule has 0 saturated heterocycles. The SMILES string of the molecule is CCOc1ccc(NCc2nnc(S[C@@H](C)C(=O)Nc3cccc4ccccc34)n2-c2ccccc2)cc1. The third-order valence-electron chi connectivity index (χ3n) is 6.03. The standard InChI is InChI=1S/C30H29N5O2S/c1-3-37-25-18-16-23(17-19-25)31-20-28-33-34-30(35(28)24-12-5-4-6-13-24)38-21(2)29(36)32-27-15-9-11-22-10-7-8-14-26(22)27/h4-19,21,31H,3,20H2,1-2H3,(H,32,36)/t21-/m0/s1. The number of thioether (sulfide) groups is 1. The molecule has 0 aliphatic heterocycles. The molecule has 38 heavy (non-hydrogen) atoms. The third-order valence-corrected chi connectivity index (χ3v) is 7.07. The van der Waals surface area contributed by atoms with Gasteiger partial charge in [0.05, 0.1) is 18.4 Å². The molecular formula is C30H29N5O2S. The number of fused-ring (bicyclic) bond motifs is 1. The molecule has 4 aromatic carbocycles. The van der Waals surface area contributed by atoms with E-state index < -0.39 is 5.25 Å². The van der Waals surface area contributed by atoms with E-state index in [0.717, 1.165) is 39.4 Å². The van der Waals surface area contributed by atoms with Crippen molar-refractivity contribution in [2.75, 3.05) is 17.2 Å². The summed E-state index contributed by atoms with van der Waals surface area (Å²) in [5.41, 5.74) is 2.68. The van der Waals surface area contributed by atoms with Crippen molar-refractivity contribution >= 4 is 39.8 Å². The van der Waals surface area contributed by atoms with E-state index in [9.17, 15) is 4.79 Å². The van der Waals surface area contributed by atoms with Crippen LogP contribution >= 0.6 is 11.8 Å². The second-order valence-electron chi connectivity index (χ2n) is 8.66. The Labute approximate surface area is 226 Å². The molecule has 0 unspecified atom stereocenters. The van der Waals surface area contributed by atoms with Crippen molar-refractivity contribution in [2.24, 2.45) is 0 Å². The number of hydrogen-bond acceptors (Lipinski definition) is 6. The second kappa shape index (κ2) is 11.8. The number of carbonyl (C=O) groups is 1. The highest BCUT2D eigenvalue weighted by Gasteiger charge is 2.21. The Kier molecular flexibility index (Phi) is 7.89. The van der Waals surface area contributed by atoms with E-state index in [1.165, 1.54) is 11.8 Å². The molecule has 1 heterocycles. The van der Waals surface area contributed by atoms with Gasteiger partial charge in [-0.25, -0.2) is 0 Å². The van der Waals surface area contributed by atoms with Crippen LogP contribution in [-0.2, 0) is 11.3 Å². The van der Waals surface area contributed by atoms with Gasteiger partial charge >= 0.3 is 0 Å². The summed E-state index contributed by atoms with van der Waals surface area (Å²) in [6, 6.07) is 31.7. The minimum atomic E-state index is -0.396. The van der Waals surface area contributed by atoms with Crippen LogP contribution in [0.1, 0.15) is 19.7 Å². The van der Waals surface area contributed by atoms with Crippen molar-refractivity contribution in [3.8, 4) is 11.4 Å². The van der Waals surface area contributed by atoms with Crippen LogP contribution < -0.4 is 15.4 Å². The molecule has 7 nitrogen and oxygen atoms in total. The first-order chi connectivity index (χ1) is 18.6. The maximum atomic E-state index is 13.2. The van der Waals surface area contributed by atoms with Gasteiger partial charge < -0.3 is 15.4 Å². The molecule has 5 aromatic rings. The summed E-state index contributed by atoms with van der Waals surface area (Å²) >= 11 is 1.38. The summed E-state index contributed by atoms with van der Waals surface area (Å²) in [6.45, 7) is 4.94. The molecule has 2 N–H and O–H groups in total. The average Bonchev–Trinajstić information content (AvgIpc) is 3.35. The van der Waals surface area contributed by atoms with E-state index in [1.807, 2.05) is 115 Å². The normalized spacial score (nSPS) is 11.7. The van der Waals surface area contributed by atoms with Crippen molar-refractivity contribution in [3.63, 3.8) is 0 Å². The lowest BCUT2D eigenvalue weighted by Gasteiger charge is -2.15. The maximum Gasteiger partial charge on any atom is 0.237 e. The maximum absolute atomic E-state index is 13.2. The first kappa shape index (κ1) is 25.4. The number of para-hydroxylation sites is 1. The van der Waals surface area contributed by atoms with Crippen LogP contribution in [-0.4, -0.2) is 32.5 Å². The van der Waals surface area contributed by atoms with Gasteiger partial charge in [-0.15, -0.1) is 10.2 Å². The summed E-state index contributed by atoms with van der Waals surface area (Å²) in [6.07, 6.45) is 0. The van der Waals surface area contributed by atoms with Crippen LogP contribution in [0, 0.1) is 0 Å².